The van der Waals surface area contributed by atoms with Crippen molar-refractivity contribution in [2.24, 2.45) is 0 Å². The van der Waals surface area contributed by atoms with E-state index in [-0.39, 0.29) is 4.90 Å². The maximum atomic E-state index is 12.2. The fourth-order valence-electron chi connectivity index (χ4n) is 1.91. The van der Waals surface area contributed by atoms with E-state index in [9.17, 15) is 13.2 Å². The van der Waals surface area contributed by atoms with Crippen LogP contribution in [0.15, 0.2) is 53.7 Å². The van der Waals surface area contributed by atoms with Crippen molar-refractivity contribution in [1.29, 1.82) is 0 Å². The van der Waals surface area contributed by atoms with Gasteiger partial charge in [0.1, 0.15) is 0 Å². The summed E-state index contributed by atoms with van der Waals surface area (Å²) < 4.78 is 26.8. The van der Waals surface area contributed by atoms with Crippen molar-refractivity contribution >= 4 is 15.9 Å². The Hall–Kier alpha value is -2.25. The molecule has 1 aromatic heterocycles. The minimum Gasteiger partial charge on any atom is -0.351 e. The average Bonchev–Trinajstić information content (AvgIpc) is 2.53. The first-order valence-corrected chi connectivity index (χ1v) is 8.62. The molecule has 2 N–H and O–H groups in total. The molecule has 0 aliphatic carbocycles. The van der Waals surface area contributed by atoms with Gasteiger partial charge >= 0.3 is 0 Å². The number of hydrogen-bond donors (Lipinski definition) is 2. The first kappa shape index (κ1) is 17.1. The number of aryl methyl sites for hydroxylation is 1. The molecule has 7 heteroatoms. The van der Waals surface area contributed by atoms with E-state index in [0.29, 0.717) is 6.54 Å². The van der Waals surface area contributed by atoms with E-state index < -0.39 is 22.0 Å². The molecule has 0 spiro atoms. The summed E-state index contributed by atoms with van der Waals surface area (Å²) in [6, 6.07) is 9.13. The highest BCUT2D eigenvalue weighted by Crippen LogP contribution is 2.10. The maximum absolute atomic E-state index is 12.2. The predicted molar refractivity (Wildman–Crippen MR) is 87.0 cm³/mol. The minimum absolute atomic E-state index is 0.136. The Morgan fingerprint density at radius 2 is 1.74 bits per heavy atom. The molecular formula is C16H19N3O3S. The van der Waals surface area contributed by atoms with E-state index in [0.717, 1.165) is 11.1 Å². The van der Waals surface area contributed by atoms with Crippen LogP contribution in [-0.2, 0) is 21.4 Å². The van der Waals surface area contributed by atoms with Gasteiger partial charge in [-0.05, 0) is 43.7 Å². The molecule has 1 heterocycles. The van der Waals surface area contributed by atoms with Gasteiger partial charge in [0.25, 0.3) is 0 Å². The third-order valence-corrected chi connectivity index (χ3v) is 4.83. The highest BCUT2D eigenvalue weighted by atomic mass is 32.2. The number of benzene rings is 1. The molecule has 0 saturated carbocycles. The van der Waals surface area contributed by atoms with Crippen LogP contribution in [0.2, 0.25) is 0 Å². The summed E-state index contributed by atoms with van der Waals surface area (Å²) in [5.41, 5.74) is 1.86. The molecule has 0 radical (unpaired) electrons. The van der Waals surface area contributed by atoms with Gasteiger partial charge in [-0.1, -0.05) is 17.7 Å². The lowest BCUT2D eigenvalue weighted by Gasteiger charge is -2.14. The summed E-state index contributed by atoms with van der Waals surface area (Å²) in [4.78, 5) is 16.1. The van der Waals surface area contributed by atoms with E-state index in [1.165, 1.54) is 19.1 Å². The van der Waals surface area contributed by atoms with Gasteiger partial charge in [0.2, 0.25) is 15.9 Å². The normalized spacial score (nSPS) is 12.6. The molecule has 1 aromatic carbocycles. The Morgan fingerprint density at radius 3 is 2.35 bits per heavy atom. The highest BCUT2D eigenvalue weighted by Gasteiger charge is 2.21. The van der Waals surface area contributed by atoms with Crippen LogP contribution < -0.4 is 10.0 Å². The highest BCUT2D eigenvalue weighted by molar-refractivity contribution is 7.89. The van der Waals surface area contributed by atoms with Crippen LogP contribution in [-0.4, -0.2) is 25.4 Å². The second-order valence-electron chi connectivity index (χ2n) is 5.23. The average molecular weight is 333 g/mol. The monoisotopic (exact) mass is 333 g/mol. The first-order chi connectivity index (χ1) is 10.9. The van der Waals surface area contributed by atoms with E-state index in [2.05, 4.69) is 15.0 Å². The molecular weight excluding hydrogens is 314 g/mol. The molecule has 1 amide bonds. The van der Waals surface area contributed by atoms with Gasteiger partial charge in [0.05, 0.1) is 10.9 Å². The van der Waals surface area contributed by atoms with Gasteiger partial charge < -0.3 is 5.32 Å². The van der Waals surface area contributed by atoms with Gasteiger partial charge in [-0.2, -0.15) is 4.72 Å². The summed E-state index contributed by atoms with van der Waals surface area (Å²) >= 11 is 0. The molecule has 0 aliphatic heterocycles. The lowest BCUT2D eigenvalue weighted by Crippen LogP contribution is -2.44. The molecule has 2 aromatic rings. The Kier molecular flexibility index (Phi) is 5.46. The van der Waals surface area contributed by atoms with Crippen LogP contribution in [0.1, 0.15) is 18.1 Å². The summed E-state index contributed by atoms with van der Waals surface area (Å²) in [5.74, 6) is -0.391. The number of sulfonamides is 1. The molecule has 23 heavy (non-hydrogen) atoms. The number of amides is 1. The fraction of sp³-hybridized carbons (Fsp3) is 0.250. The van der Waals surface area contributed by atoms with Crippen molar-refractivity contribution in [1.82, 2.24) is 15.0 Å². The van der Waals surface area contributed by atoms with Crippen LogP contribution in [0.4, 0.5) is 0 Å². The molecule has 0 unspecified atom stereocenters. The van der Waals surface area contributed by atoms with Crippen LogP contribution in [0, 0.1) is 6.92 Å². The number of rotatable bonds is 6. The van der Waals surface area contributed by atoms with E-state index in [1.54, 1.807) is 36.7 Å². The smallest absolute Gasteiger partial charge is 0.241 e. The number of hydrogen-bond acceptors (Lipinski definition) is 4. The maximum Gasteiger partial charge on any atom is 0.241 e. The SMILES string of the molecule is Cc1ccc(S(=O)(=O)N[C@@H](C)C(=O)NCc2ccncc2)cc1. The molecule has 0 fully saturated rings. The molecule has 0 bridgehead atoms. The number of nitrogens with zero attached hydrogens (tertiary/aromatic N) is 1. The number of aromatic nitrogens is 1. The number of nitrogens with one attached hydrogen (secondary N) is 2. The lowest BCUT2D eigenvalue weighted by molar-refractivity contribution is -0.122. The zero-order valence-corrected chi connectivity index (χ0v) is 13.8. The number of carbonyl (C=O) groups excluding carboxylic acids is 1. The Labute approximate surface area is 136 Å². The van der Waals surface area contributed by atoms with Crippen LogP contribution in [0.5, 0.6) is 0 Å². The molecule has 1 atom stereocenters. The van der Waals surface area contributed by atoms with Crippen LogP contribution >= 0.6 is 0 Å². The number of carbonyl (C=O) groups is 1. The van der Waals surface area contributed by atoms with Crippen molar-refractivity contribution in [3.63, 3.8) is 0 Å². The molecule has 0 saturated heterocycles. The van der Waals surface area contributed by atoms with Gasteiger partial charge in [-0.15, -0.1) is 0 Å². The van der Waals surface area contributed by atoms with E-state index in [1.807, 2.05) is 6.92 Å². The second kappa shape index (κ2) is 7.34. The summed E-state index contributed by atoms with van der Waals surface area (Å²) in [7, 11) is -3.73. The van der Waals surface area contributed by atoms with Gasteiger partial charge in [0, 0.05) is 18.9 Å². The Balaban J connectivity index is 1.96. The Bertz CT molecular complexity index is 759. The second-order valence-corrected chi connectivity index (χ2v) is 6.94. The van der Waals surface area contributed by atoms with Crippen LogP contribution in [0.3, 0.4) is 0 Å². The van der Waals surface area contributed by atoms with Gasteiger partial charge in [0.15, 0.2) is 0 Å². The molecule has 6 nitrogen and oxygen atoms in total. The number of pyridine rings is 1. The largest absolute Gasteiger partial charge is 0.351 e. The lowest BCUT2D eigenvalue weighted by atomic mass is 10.2. The molecule has 122 valence electrons. The zero-order chi connectivity index (χ0) is 16.9. The van der Waals surface area contributed by atoms with E-state index in [4.69, 9.17) is 0 Å². The van der Waals surface area contributed by atoms with Crippen molar-refractivity contribution < 1.29 is 13.2 Å². The molecule has 2 rings (SSSR count). The first-order valence-electron chi connectivity index (χ1n) is 7.14. The van der Waals surface area contributed by atoms with Crippen LogP contribution in [0.25, 0.3) is 0 Å². The zero-order valence-electron chi connectivity index (χ0n) is 13.0. The van der Waals surface area contributed by atoms with Gasteiger partial charge in [-0.25, -0.2) is 8.42 Å². The summed E-state index contributed by atoms with van der Waals surface area (Å²) in [6.07, 6.45) is 3.26. The topological polar surface area (TPSA) is 88.2 Å². The van der Waals surface area contributed by atoms with Crippen molar-refractivity contribution in [2.45, 2.75) is 31.3 Å². The third-order valence-electron chi connectivity index (χ3n) is 3.27. The van der Waals surface area contributed by atoms with Gasteiger partial charge in [-0.3, -0.25) is 9.78 Å². The summed E-state index contributed by atoms with van der Waals surface area (Å²) in [5, 5.41) is 2.69. The van der Waals surface area contributed by atoms with Crippen molar-refractivity contribution in [3.8, 4) is 0 Å². The minimum atomic E-state index is -3.73. The standard InChI is InChI=1S/C16H19N3O3S/c1-12-3-5-15(6-4-12)23(21,22)19-13(2)16(20)18-11-14-7-9-17-10-8-14/h3-10,13,19H,11H2,1-2H3,(H,18,20)/t13-/m0/s1. The van der Waals surface area contributed by atoms with E-state index >= 15 is 0 Å². The Morgan fingerprint density at radius 1 is 1.13 bits per heavy atom. The van der Waals surface area contributed by atoms with Crippen molar-refractivity contribution in [2.75, 3.05) is 0 Å². The van der Waals surface area contributed by atoms with Crippen molar-refractivity contribution in [3.05, 3.63) is 59.9 Å². The third kappa shape index (κ3) is 4.87. The fourth-order valence-corrected chi connectivity index (χ4v) is 3.12. The summed E-state index contributed by atoms with van der Waals surface area (Å²) in [6.45, 7) is 3.70. The molecule has 0 aliphatic rings. The quantitative estimate of drug-likeness (QED) is 0.836. The predicted octanol–water partition coefficient (Wildman–Crippen LogP) is 1.37.